The number of nitrogens with two attached hydrogens (primary N) is 1. The fraction of sp³-hybridized carbons (Fsp3) is 0.846. The van der Waals surface area contributed by atoms with Gasteiger partial charge in [0.25, 0.3) is 0 Å². The van der Waals surface area contributed by atoms with Gasteiger partial charge in [0.15, 0.2) is 0 Å². The molecule has 7 nitrogen and oxygen atoms in total. The number of likely N-dealkylation sites (tertiary alicyclic amines) is 1. The Balaban J connectivity index is 2.25. The first-order valence-corrected chi connectivity index (χ1v) is 6.81. The number of nitrogens with zero attached hydrogens (tertiary/aromatic N) is 1. The van der Waals surface area contributed by atoms with E-state index in [-0.39, 0.29) is 12.0 Å². The molecule has 0 radical (unpaired) electrons. The molecule has 0 aromatic heterocycles. The maximum absolute atomic E-state index is 12.4. The molecule has 2 aliphatic rings. The predicted octanol–water partition coefficient (Wildman–Crippen LogP) is -0.306. The molecule has 2 rings (SSSR count). The average Bonchev–Trinajstić information content (AvgIpc) is 2.88. The van der Waals surface area contributed by atoms with Gasteiger partial charge in [-0.3, -0.25) is 4.90 Å². The van der Waals surface area contributed by atoms with Crippen molar-refractivity contribution in [2.24, 2.45) is 11.7 Å². The minimum absolute atomic E-state index is 0.0478. The SMILES string of the molecule is COC(=O)[C@H]1[C@H](N)[C@H]2CNC[C@H]2N1C(=O)OC(C)(C)C. The summed E-state index contributed by atoms with van der Waals surface area (Å²) in [6.45, 7) is 6.68. The number of carbonyl (C=O) groups excluding carboxylic acids is 2. The number of rotatable bonds is 1. The predicted molar refractivity (Wildman–Crippen MR) is 72.0 cm³/mol. The van der Waals surface area contributed by atoms with Crippen LogP contribution < -0.4 is 11.1 Å². The van der Waals surface area contributed by atoms with Crippen LogP contribution in [0.4, 0.5) is 4.79 Å². The highest BCUT2D eigenvalue weighted by Crippen LogP contribution is 2.33. The van der Waals surface area contributed by atoms with Gasteiger partial charge in [0, 0.05) is 25.0 Å². The second-order valence-electron chi connectivity index (χ2n) is 6.32. The van der Waals surface area contributed by atoms with E-state index in [1.54, 1.807) is 20.8 Å². The van der Waals surface area contributed by atoms with E-state index in [2.05, 4.69) is 5.32 Å². The highest BCUT2D eigenvalue weighted by atomic mass is 16.6. The smallest absolute Gasteiger partial charge is 0.411 e. The monoisotopic (exact) mass is 285 g/mol. The second-order valence-corrected chi connectivity index (χ2v) is 6.32. The van der Waals surface area contributed by atoms with Gasteiger partial charge in [-0.2, -0.15) is 0 Å². The highest BCUT2D eigenvalue weighted by molar-refractivity contribution is 5.83. The molecular formula is C13H23N3O4. The third-order valence-corrected chi connectivity index (χ3v) is 3.79. The molecular weight excluding hydrogens is 262 g/mol. The van der Waals surface area contributed by atoms with Crippen LogP contribution >= 0.6 is 0 Å². The Morgan fingerprint density at radius 3 is 2.50 bits per heavy atom. The van der Waals surface area contributed by atoms with E-state index < -0.39 is 29.7 Å². The van der Waals surface area contributed by atoms with Gasteiger partial charge in [-0.15, -0.1) is 0 Å². The van der Waals surface area contributed by atoms with Crippen LogP contribution in [0.25, 0.3) is 0 Å². The zero-order chi connectivity index (χ0) is 15.1. The van der Waals surface area contributed by atoms with Gasteiger partial charge in [-0.05, 0) is 20.8 Å². The molecule has 3 N–H and O–H groups in total. The lowest BCUT2D eigenvalue weighted by molar-refractivity contribution is -0.146. The molecule has 4 atom stereocenters. The maximum atomic E-state index is 12.4. The van der Waals surface area contributed by atoms with Crippen LogP contribution in [0.15, 0.2) is 0 Å². The lowest BCUT2D eigenvalue weighted by Crippen LogP contribution is -2.53. The van der Waals surface area contributed by atoms with Gasteiger partial charge in [0.05, 0.1) is 13.2 Å². The van der Waals surface area contributed by atoms with E-state index in [0.29, 0.717) is 13.1 Å². The average molecular weight is 285 g/mol. The second kappa shape index (κ2) is 5.21. The molecule has 2 aliphatic heterocycles. The van der Waals surface area contributed by atoms with E-state index in [1.165, 1.54) is 12.0 Å². The van der Waals surface area contributed by atoms with E-state index in [1.807, 2.05) is 0 Å². The number of nitrogens with one attached hydrogen (secondary N) is 1. The lowest BCUT2D eigenvalue weighted by atomic mass is 9.97. The minimum Gasteiger partial charge on any atom is -0.467 e. The number of amides is 1. The molecule has 0 unspecified atom stereocenters. The number of hydrogen-bond donors (Lipinski definition) is 2. The van der Waals surface area contributed by atoms with Crippen LogP contribution in [-0.2, 0) is 14.3 Å². The molecule has 0 aromatic rings. The number of esters is 1. The van der Waals surface area contributed by atoms with Gasteiger partial charge in [-0.1, -0.05) is 0 Å². The fourth-order valence-electron chi connectivity index (χ4n) is 2.96. The molecule has 2 heterocycles. The minimum atomic E-state index is -0.771. The van der Waals surface area contributed by atoms with Gasteiger partial charge in [-0.25, -0.2) is 9.59 Å². The summed E-state index contributed by atoms with van der Waals surface area (Å²) in [6.07, 6.45) is -0.514. The molecule has 2 saturated heterocycles. The van der Waals surface area contributed by atoms with Crippen LogP contribution in [-0.4, -0.2) is 60.9 Å². The number of fused-ring (bicyclic) bond motifs is 1. The summed E-state index contributed by atoms with van der Waals surface area (Å²) in [6, 6.07) is -1.33. The number of ether oxygens (including phenoxy) is 2. The van der Waals surface area contributed by atoms with E-state index in [0.717, 1.165) is 0 Å². The first-order valence-electron chi connectivity index (χ1n) is 6.81. The fourth-order valence-corrected chi connectivity index (χ4v) is 2.96. The first-order chi connectivity index (χ1) is 9.26. The number of carbonyl (C=O) groups is 2. The standard InChI is InChI=1S/C13H23N3O4/c1-13(2,3)20-12(18)16-8-6-15-5-7(8)9(14)10(16)11(17)19-4/h7-10,15H,5-6,14H2,1-4H3/t7-,8+,9+,10+/m0/s1. The van der Waals surface area contributed by atoms with Crippen molar-refractivity contribution in [3.63, 3.8) is 0 Å². The van der Waals surface area contributed by atoms with Crippen LogP contribution in [0.5, 0.6) is 0 Å². The van der Waals surface area contributed by atoms with Gasteiger partial charge < -0.3 is 20.5 Å². The molecule has 1 amide bonds. The molecule has 0 saturated carbocycles. The Kier molecular flexibility index (Phi) is 3.93. The van der Waals surface area contributed by atoms with E-state index >= 15 is 0 Å². The number of hydrogen-bond acceptors (Lipinski definition) is 6. The Morgan fingerprint density at radius 1 is 1.30 bits per heavy atom. The largest absolute Gasteiger partial charge is 0.467 e. The van der Waals surface area contributed by atoms with Crippen LogP contribution in [0, 0.1) is 5.92 Å². The molecule has 0 aromatic carbocycles. The van der Waals surface area contributed by atoms with Gasteiger partial charge in [0.2, 0.25) is 0 Å². The normalized spacial score (nSPS) is 33.0. The molecule has 114 valence electrons. The summed E-state index contributed by atoms with van der Waals surface area (Å²) in [5, 5.41) is 3.20. The lowest BCUT2D eigenvalue weighted by Gasteiger charge is -2.31. The highest BCUT2D eigenvalue weighted by Gasteiger charge is 2.55. The Hall–Kier alpha value is -1.34. The Labute approximate surface area is 118 Å². The summed E-state index contributed by atoms with van der Waals surface area (Å²) in [7, 11) is 1.30. The quantitative estimate of drug-likeness (QED) is 0.642. The van der Waals surface area contributed by atoms with Crippen molar-refractivity contribution >= 4 is 12.1 Å². The molecule has 7 heteroatoms. The van der Waals surface area contributed by atoms with Crippen molar-refractivity contribution in [1.82, 2.24) is 10.2 Å². The zero-order valence-electron chi connectivity index (χ0n) is 12.4. The summed E-state index contributed by atoms with van der Waals surface area (Å²) >= 11 is 0. The van der Waals surface area contributed by atoms with Crippen LogP contribution in [0.2, 0.25) is 0 Å². The van der Waals surface area contributed by atoms with Gasteiger partial charge in [0.1, 0.15) is 11.6 Å². The molecule has 0 bridgehead atoms. The first kappa shape index (κ1) is 15.1. The van der Waals surface area contributed by atoms with Crippen molar-refractivity contribution in [1.29, 1.82) is 0 Å². The topological polar surface area (TPSA) is 93.9 Å². The van der Waals surface area contributed by atoms with E-state index in [9.17, 15) is 9.59 Å². The summed E-state index contributed by atoms with van der Waals surface area (Å²) in [5.74, 6) is -0.440. The molecule has 2 fully saturated rings. The number of methoxy groups -OCH3 is 1. The zero-order valence-corrected chi connectivity index (χ0v) is 12.4. The van der Waals surface area contributed by atoms with Gasteiger partial charge >= 0.3 is 12.1 Å². The Bertz CT molecular complexity index is 407. The van der Waals surface area contributed by atoms with Crippen molar-refractivity contribution < 1.29 is 19.1 Å². The summed E-state index contributed by atoms with van der Waals surface area (Å²) in [5.41, 5.74) is 5.52. The van der Waals surface area contributed by atoms with Crippen LogP contribution in [0.1, 0.15) is 20.8 Å². The molecule has 0 spiro atoms. The third kappa shape index (κ3) is 2.60. The molecule has 20 heavy (non-hydrogen) atoms. The summed E-state index contributed by atoms with van der Waals surface area (Å²) < 4.78 is 10.2. The van der Waals surface area contributed by atoms with Crippen LogP contribution in [0.3, 0.4) is 0 Å². The van der Waals surface area contributed by atoms with Crippen molar-refractivity contribution in [2.45, 2.75) is 44.5 Å². The van der Waals surface area contributed by atoms with Crippen molar-refractivity contribution in [3.8, 4) is 0 Å². The Morgan fingerprint density at radius 2 is 1.95 bits per heavy atom. The summed E-state index contributed by atoms with van der Waals surface area (Å²) in [4.78, 5) is 25.8. The third-order valence-electron chi connectivity index (χ3n) is 3.79. The maximum Gasteiger partial charge on any atom is 0.411 e. The van der Waals surface area contributed by atoms with Crippen molar-refractivity contribution in [3.05, 3.63) is 0 Å². The van der Waals surface area contributed by atoms with E-state index in [4.69, 9.17) is 15.2 Å². The van der Waals surface area contributed by atoms with Crippen molar-refractivity contribution in [2.75, 3.05) is 20.2 Å². The molecule has 0 aliphatic carbocycles.